The Morgan fingerprint density at radius 1 is 0.814 bits per heavy atom. The number of esters is 1. The highest BCUT2D eigenvalue weighted by Gasteiger charge is 2.29. The van der Waals surface area contributed by atoms with Crippen LogP contribution in [0.5, 0.6) is 0 Å². The van der Waals surface area contributed by atoms with E-state index in [0.717, 1.165) is 27.8 Å². The van der Waals surface area contributed by atoms with E-state index in [4.69, 9.17) is 14.2 Å². The summed E-state index contributed by atoms with van der Waals surface area (Å²) in [5.74, 6) is -0.561. The van der Waals surface area contributed by atoms with Gasteiger partial charge in [0.25, 0.3) is 0 Å². The number of unbranched alkanes of at least 4 members (excludes halogenated alkanes) is 1. The molecule has 0 fully saturated rings. The highest BCUT2D eigenvalue weighted by Crippen LogP contribution is 2.44. The third-order valence-electron chi connectivity index (χ3n) is 6.95. The monoisotopic (exact) mass is 584 g/mol. The zero-order valence-corrected chi connectivity index (χ0v) is 25.0. The number of nitrogens with one attached hydrogen (secondary N) is 2. The first-order chi connectivity index (χ1) is 20.7. The molecule has 8 nitrogen and oxygen atoms in total. The van der Waals surface area contributed by atoms with Crippen LogP contribution in [0.4, 0.5) is 9.59 Å². The largest absolute Gasteiger partial charge is 0.458 e. The number of ether oxygens (including phenoxy) is 3. The van der Waals surface area contributed by atoms with Gasteiger partial charge in [-0.25, -0.2) is 14.4 Å². The van der Waals surface area contributed by atoms with E-state index in [-0.39, 0.29) is 19.1 Å². The summed E-state index contributed by atoms with van der Waals surface area (Å²) in [6.45, 7) is 6.20. The average Bonchev–Trinajstić information content (AvgIpc) is 3.30. The van der Waals surface area contributed by atoms with Gasteiger partial charge < -0.3 is 24.8 Å². The van der Waals surface area contributed by atoms with Crippen LogP contribution in [0.1, 0.15) is 62.6 Å². The van der Waals surface area contributed by atoms with E-state index in [0.29, 0.717) is 25.8 Å². The molecular weight excluding hydrogens is 544 g/mol. The molecular formula is C35H40N2O6. The maximum Gasteiger partial charge on any atom is 0.407 e. The van der Waals surface area contributed by atoms with Crippen molar-refractivity contribution in [3.8, 4) is 11.1 Å². The number of carbonyl (C=O) groups is 3. The van der Waals surface area contributed by atoms with E-state index in [2.05, 4.69) is 34.9 Å². The number of rotatable bonds is 12. The van der Waals surface area contributed by atoms with Gasteiger partial charge in [0.15, 0.2) is 0 Å². The molecule has 4 rings (SSSR count). The van der Waals surface area contributed by atoms with E-state index >= 15 is 0 Å². The molecule has 0 heterocycles. The van der Waals surface area contributed by atoms with Crippen molar-refractivity contribution in [3.05, 3.63) is 108 Å². The maximum atomic E-state index is 12.9. The Balaban J connectivity index is 1.32. The lowest BCUT2D eigenvalue weighted by Crippen LogP contribution is -2.35. The molecule has 2 N–H and O–H groups in total. The van der Waals surface area contributed by atoms with E-state index in [9.17, 15) is 14.4 Å². The minimum Gasteiger partial charge on any atom is -0.458 e. The van der Waals surface area contributed by atoms with Gasteiger partial charge in [0.05, 0.1) is 6.04 Å². The van der Waals surface area contributed by atoms with Gasteiger partial charge in [0.2, 0.25) is 0 Å². The summed E-state index contributed by atoms with van der Waals surface area (Å²) in [6.07, 6.45) is 3.78. The third kappa shape index (κ3) is 9.74. The van der Waals surface area contributed by atoms with Crippen LogP contribution < -0.4 is 10.6 Å². The number of fused-ring (bicyclic) bond motifs is 3. The molecule has 0 saturated carbocycles. The summed E-state index contributed by atoms with van der Waals surface area (Å²) in [5, 5.41) is 5.62. The molecule has 0 unspecified atom stereocenters. The number of carbonyl (C=O) groups excluding carboxylic acids is 3. The normalized spacial score (nSPS) is 13.1. The first-order valence-electron chi connectivity index (χ1n) is 14.7. The van der Waals surface area contributed by atoms with Gasteiger partial charge in [-0.05, 0) is 67.9 Å². The van der Waals surface area contributed by atoms with Crippen molar-refractivity contribution >= 4 is 18.2 Å². The van der Waals surface area contributed by atoms with Crippen molar-refractivity contribution in [1.82, 2.24) is 10.6 Å². The Kier molecular flexibility index (Phi) is 11.0. The molecule has 8 heteroatoms. The fraction of sp³-hybridized carbons (Fsp3) is 0.343. The lowest BCUT2D eigenvalue weighted by atomic mass is 9.98. The van der Waals surface area contributed by atoms with Crippen LogP contribution in [0.25, 0.3) is 11.1 Å². The topological polar surface area (TPSA) is 103 Å². The zero-order valence-electron chi connectivity index (χ0n) is 25.0. The molecule has 0 aromatic heterocycles. The molecule has 1 atom stereocenters. The Morgan fingerprint density at radius 2 is 1.44 bits per heavy atom. The minimum absolute atomic E-state index is 0.0564. The second-order valence-electron chi connectivity index (χ2n) is 11.5. The molecule has 1 aliphatic rings. The van der Waals surface area contributed by atoms with Crippen LogP contribution >= 0.6 is 0 Å². The zero-order chi connectivity index (χ0) is 30.7. The fourth-order valence-electron chi connectivity index (χ4n) is 4.97. The van der Waals surface area contributed by atoms with Crippen LogP contribution in [0.2, 0.25) is 0 Å². The van der Waals surface area contributed by atoms with Crippen LogP contribution in [0.15, 0.2) is 91.0 Å². The van der Waals surface area contributed by atoms with E-state index < -0.39 is 29.8 Å². The first-order valence-corrected chi connectivity index (χ1v) is 14.7. The van der Waals surface area contributed by atoms with Crippen molar-refractivity contribution < 1.29 is 28.6 Å². The van der Waals surface area contributed by atoms with Crippen molar-refractivity contribution in [1.29, 1.82) is 0 Å². The van der Waals surface area contributed by atoms with Gasteiger partial charge in [-0.2, -0.15) is 0 Å². The van der Waals surface area contributed by atoms with Crippen LogP contribution in [-0.2, 0) is 25.6 Å². The van der Waals surface area contributed by atoms with Crippen molar-refractivity contribution in [2.24, 2.45) is 0 Å². The molecule has 3 aromatic rings. The third-order valence-corrected chi connectivity index (χ3v) is 6.95. The summed E-state index contributed by atoms with van der Waals surface area (Å²) < 4.78 is 16.3. The molecule has 0 bridgehead atoms. The Hall–Kier alpha value is -4.59. The summed E-state index contributed by atoms with van der Waals surface area (Å²) >= 11 is 0. The quantitative estimate of drug-likeness (QED) is 0.104. The lowest BCUT2D eigenvalue weighted by molar-refractivity contribution is -0.139. The van der Waals surface area contributed by atoms with E-state index in [1.165, 1.54) is 6.08 Å². The maximum absolute atomic E-state index is 12.9. The Bertz CT molecular complexity index is 1370. The fourth-order valence-corrected chi connectivity index (χ4v) is 4.97. The summed E-state index contributed by atoms with van der Waals surface area (Å²) in [5.41, 5.74) is 4.89. The number of alkyl carbamates (subject to hydrolysis) is 2. The number of amides is 2. The number of hydrogen-bond donors (Lipinski definition) is 2. The molecule has 226 valence electrons. The number of benzene rings is 3. The molecule has 0 saturated heterocycles. The minimum atomic E-state index is -0.568. The number of hydrogen-bond acceptors (Lipinski definition) is 6. The van der Waals surface area contributed by atoms with E-state index in [1.54, 1.807) is 6.08 Å². The first kappa shape index (κ1) is 31.3. The molecule has 43 heavy (non-hydrogen) atoms. The SMILES string of the molecule is CC(C)(C)OC(=O)NCCCC[C@@H](/C=C/C(=O)OCc1ccccc1)NC(=O)OCC1c2ccccc2-c2ccccc21. The van der Waals surface area contributed by atoms with Crippen molar-refractivity contribution in [3.63, 3.8) is 0 Å². The molecule has 1 aliphatic carbocycles. The second-order valence-corrected chi connectivity index (χ2v) is 11.5. The Morgan fingerprint density at radius 3 is 2.09 bits per heavy atom. The smallest absolute Gasteiger partial charge is 0.407 e. The van der Waals surface area contributed by atoms with Crippen LogP contribution in [0, 0.1) is 0 Å². The Labute approximate surface area is 253 Å². The lowest BCUT2D eigenvalue weighted by Gasteiger charge is -2.20. The summed E-state index contributed by atoms with van der Waals surface area (Å²) in [4.78, 5) is 37.2. The highest BCUT2D eigenvalue weighted by atomic mass is 16.6. The van der Waals surface area contributed by atoms with Crippen molar-refractivity contribution in [2.45, 2.75) is 64.2 Å². The second kappa shape index (κ2) is 15.0. The van der Waals surface area contributed by atoms with Gasteiger partial charge in [-0.15, -0.1) is 0 Å². The standard InChI is InChI=1S/C35H40N2O6/c1-35(2,3)43-33(39)36-22-12-11-15-26(20-21-32(38)41-23-25-13-5-4-6-14-25)37-34(40)42-24-31-29-18-9-7-16-27(29)28-17-8-10-19-30(28)31/h4-10,13-14,16-21,26,31H,11-12,15,22-24H2,1-3H3,(H,36,39)(H,37,40)/b21-20+/t26-/m0/s1. The van der Waals surface area contributed by atoms with Crippen LogP contribution in [-0.4, -0.2) is 43.0 Å². The predicted molar refractivity (Wildman–Crippen MR) is 165 cm³/mol. The van der Waals surface area contributed by atoms with Crippen molar-refractivity contribution in [2.75, 3.05) is 13.2 Å². The highest BCUT2D eigenvalue weighted by molar-refractivity contribution is 5.82. The van der Waals surface area contributed by atoms with Gasteiger partial charge in [0, 0.05) is 18.5 Å². The van der Waals surface area contributed by atoms with Gasteiger partial charge in [0.1, 0.15) is 18.8 Å². The molecule has 0 spiro atoms. The average molecular weight is 585 g/mol. The van der Waals surface area contributed by atoms with Gasteiger partial charge >= 0.3 is 18.2 Å². The molecule has 3 aromatic carbocycles. The predicted octanol–water partition coefficient (Wildman–Crippen LogP) is 6.89. The molecule has 0 radical (unpaired) electrons. The van der Waals surface area contributed by atoms with E-state index in [1.807, 2.05) is 75.4 Å². The van der Waals surface area contributed by atoms with Gasteiger partial charge in [-0.3, -0.25) is 0 Å². The van der Waals surface area contributed by atoms with Gasteiger partial charge in [-0.1, -0.05) is 84.9 Å². The molecule has 0 aliphatic heterocycles. The van der Waals surface area contributed by atoms with Crippen LogP contribution in [0.3, 0.4) is 0 Å². The summed E-state index contributed by atoms with van der Waals surface area (Å²) in [7, 11) is 0. The summed E-state index contributed by atoms with van der Waals surface area (Å²) in [6, 6.07) is 25.3. The molecule has 2 amide bonds.